The van der Waals surface area contributed by atoms with E-state index in [1.165, 1.54) is 0 Å². The summed E-state index contributed by atoms with van der Waals surface area (Å²) in [5, 5.41) is 12.0. The van der Waals surface area contributed by atoms with Crippen LogP contribution in [0, 0.1) is 5.41 Å². The van der Waals surface area contributed by atoms with E-state index >= 15 is 0 Å². The second-order valence-corrected chi connectivity index (χ2v) is 6.24. The molecule has 0 bridgehead atoms. The predicted octanol–water partition coefficient (Wildman–Crippen LogP) is 2.92. The van der Waals surface area contributed by atoms with Crippen LogP contribution in [0.3, 0.4) is 0 Å². The third kappa shape index (κ3) is 4.79. The highest BCUT2D eigenvalue weighted by Gasteiger charge is 2.45. The molecule has 23 heavy (non-hydrogen) atoms. The van der Waals surface area contributed by atoms with Crippen molar-refractivity contribution in [2.45, 2.75) is 45.1 Å². The van der Waals surface area contributed by atoms with Crippen LogP contribution in [0.25, 0.3) is 0 Å². The molecular weight excluding hydrogens is 294 g/mol. The van der Waals surface area contributed by atoms with Gasteiger partial charge in [-0.05, 0) is 31.7 Å². The van der Waals surface area contributed by atoms with E-state index in [1.54, 1.807) is 0 Å². The van der Waals surface area contributed by atoms with Gasteiger partial charge in [0.2, 0.25) is 5.91 Å². The van der Waals surface area contributed by atoms with Crippen LogP contribution in [-0.2, 0) is 14.3 Å². The fourth-order valence-corrected chi connectivity index (χ4v) is 2.82. The van der Waals surface area contributed by atoms with Crippen LogP contribution in [0.2, 0.25) is 0 Å². The van der Waals surface area contributed by atoms with E-state index in [9.17, 15) is 14.7 Å². The Morgan fingerprint density at radius 1 is 1.30 bits per heavy atom. The molecule has 2 rings (SSSR count). The smallest absolute Gasteiger partial charge is 0.310 e. The van der Waals surface area contributed by atoms with Crippen molar-refractivity contribution in [2.24, 2.45) is 5.41 Å². The topological polar surface area (TPSA) is 75.6 Å². The molecule has 0 radical (unpaired) electrons. The van der Waals surface area contributed by atoms with Crippen molar-refractivity contribution < 1.29 is 19.4 Å². The summed E-state index contributed by atoms with van der Waals surface area (Å²) in [6, 6.07) is 9.98. The highest BCUT2D eigenvalue weighted by atomic mass is 16.5. The lowest BCUT2D eigenvalue weighted by molar-refractivity contribution is -0.157. The molecule has 1 amide bonds. The number of carboxylic acid groups (broad SMARTS) is 1. The highest BCUT2D eigenvalue weighted by molar-refractivity contribution is 5.85. The van der Waals surface area contributed by atoms with E-state index in [2.05, 4.69) is 5.32 Å². The molecule has 1 unspecified atom stereocenters. The molecule has 0 aromatic heterocycles. The van der Waals surface area contributed by atoms with Crippen molar-refractivity contribution in [3.8, 4) is 0 Å². The molecular formula is C18H25NO4. The van der Waals surface area contributed by atoms with E-state index in [-0.39, 0.29) is 18.4 Å². The number of rotatable bonds is 9. The van der Waals surface area contributed by atoms with Crippen LogP contribution in [0.4, 0.5) is 0 Å². The maximum atomic E-state index is 11.9. The summed E-state index contributed by atoms with van der Waals surface area (Å²) in [5.74, 6) is -1.03. The molecule has 0 spiro atoms. The highest BCUT2D eigenvalue weighted by Crippen LogP contribution is 2.44. The van der Waals surface area contributed by atoms with Crippen LogP contribution >= 0.6 is 0 Å². The molecule has 1 aromatic rings. The minimum absolute atomic E-state index is 0.0251. The van der Waals surface area contributed by atoms with Gasteiger partial charge < -0.3 is 15.2 Å². The second kappa shape index (κ2) is 8.11. The van der Waals surface area contributed by atoms with Crippen molar-refractivity contribution in [3.05, 3.63) is 35.9 Å². The Morgan fingerprint density at radius 2 is 2.00 bits per heavy atom. The Labute approximate surface area is 137 Å². The summed E-state index contributed by atoms with van der Waals surface area (Å²) >= 11 is 0. The Kier molecular flexibility index (Phi) is 6.16. The number of hydrogen-bond donors (Lipinski definition) is 2. The van der Waals surface area contributed by atoms with Crippen LogP contribution in [0.1, 0.15) is 50.7 Å². The Balaban J connectivity index is 1.60. The number of amides is 1. The molecule has 0 saturated heterocycles. The first-order chi connectivity index (χ1) is 11.0. The molecule has 5 nitrogen and oxygen atoms in total. The summed E-state index contributed by atoms with van der Waals surface area (Å²) in [5.41, 5.74) is 0.312. The molecule has 5 heteroatoms. The lowest BCUT2D eigenvalue weighted by Crippen LogP contribution is -2.42. The largest absolute Gasteiger partial charge is 0.481 e. The molecule has 1 atom stereocenters. The van der Waals surface area contributed by atoms with E-state index in [4.69, 9.17) is 4.74 Å². The molecule has 1 aromatic carbocycles. The fraction of sp³-hybridized carbons (Fsp3) is 0.556. The molecule has 1 aliphatic carbocycles. The van der Waals surface area contributed by atoms with Gasteiger partial charge in [-0.1, -0.05) is 36.8 Å². The molecule has 126 valence electrons. The molecule has 1 fully saturated rings. The summed E-state index contributed by atoms with van der Waals surface area (Å²) in [4.78, 5) is 23.1. The van der Waals surface area contributed by atoms with E-state index < -0.39 is 11.4 Å². The number of nitrogens with one attached hydrogen (secondary N) is 1. The summed E-state index contributed by atoms with van der Waals surface area (Å²) in [6.45, 7) is 3.07. The first-order valence-corrected chi connectivity index (χ1v) is 8.20. The molecule has 1 aliphatic rings. The van der Waals surface area contributed by atoms with Crippen LogP contribution in [0.5, 0.6) is 0 Å². The summed E-state index contributed by atoms with van der Waals surface area (Å²) in [7, 11) is 0. The average Bonchev–Trinajstić information content (AvgIpc) is 2.51. The number of benzene rings is 1. The summed E-state index contributed by atoms with van der Waals surface area (Å²) in [6.07, 6.45) is 2.93. The van der Waals surface area contributed by atoms with E-state index in [0.29, 0.717) is 32.4 Å². The maximum Gasteiger partial charge on any atom is 0.310 e. The molecule has 0 aliphatic heterocycles. The molecule has 1 saturated carbocycles. The van der Waals surface area contributed by atoms with Gasteiger partial charge >= 0.3 is 5.97 Å². The minimum Gasteiger partial charge on any atom is -0.481 e. The lowest BCUT2D eigenvalue weighted by Gasteiger charge is -2.36. The third-order valence-corrected chi connectivity index (χ3v) is 4.54. The zero-order valence-corrected chi connectivity index (χ0v) is 13.6. The number of carboxylic acids is 1. The van der Waals surface area contributed by atoms with Crippen molar-refractivity contribution >= 4 is 11.9 Å². The number of hydrogen-bond acceptors (Lipinski definition) is 3. The first-order valence-electron chi connectivity index (χ1n) is 8.20. The van der Waals surface area contributed by atoms with Crippen molar-refractivity contribution in [3.63, 3.8) is 0 Å². The van der Waals surface area contributed by atoms with Gasteiger partial charge in [0.15, 0.2) is 0 Å². The van der Waals surface area contributed by atoms with Gasteiger partial charge in [-0.15, -0.1) is 0 Å². The number of aliphatic carboxylic acids is 1. The van der Waals surface area contributed by atoms with Gasteiger partial charge in [-0.2, -0.15) is 0 Å². The monoisotopic (exact) mass is 319 g/mol. The third-order valence-electron chi connectivity index (χ3n) is 4.54. The van der Waals surface area contributed by atoms with Crippen LogP contribution < -0.4 is 5.32 Å². The number of carbonyl (C=O) groups is 2. The van der Waals surface area contributed by atoms with Crippen molar-refractivity contribution in [1.82, 2.24) is 5.32 Å². The molecule has 2 N–H and O–H groups in total. The predicted molar refractivity (Wildman–Crippen MR) is 87.0 cm³/mol. The minimum atomic E-state index is -0.848. The number of carbonyl (C=O) groups excluding carboxylic acids is 1. The zero-order valence-electron chi connectivity index (χ0n) is 13.6. The van der Waals surface area contributed by atoms with Crippen LogP contribution in [0.15, 0.2) is 30.3 Å². The van der Waals surface area contributed by atoms with Crippen molar-refractivity contribution in [1.29, 1.82) is 0 Å². The summed E-state index contributed by atoms with van der Waals surface area (Å²) < 4.78 is 5.74. The lowest BCUT2D eigenvalue weighted by atomic mass is 9.66. The van der Waals surface area contributed by atoms with Crippen molar-refractivity contribution in [2.75, 3.05) is 13.2 Å². The quantitative estimate of drug-likeness (QED) is 0.686. The maximum absolute atomic E-state index is 11.9. The number of ether oxygens (including phenoxy) is 1. The standard InChI is InChI=1S/C18H25NO4/c1-14(15-7-3-2-4-8-15)23-12-6-11-19-16(20)13-18(17(21)22)9-5-10-18/h2-4,7-8,14H,5-6,9-13H2,1H3,(H,19,20)(H,21,22). The Hall–Kier alpha value is -1.88. The second-order valence-electron chi connectivity index (χ2n) is 6.24. The van der Waals surface area contributed by atoms with Gasteiger partial charge in [0.25, 0.3) is 0 Å². The average molecular weight is 319 g/mol. The van der Waals surface area contributed by atoms with E-state index in [1.807, 2.05) is 37.3 Å². The van der Waals surface area contributed by atoms with Gasteiger partial charge in [0.1, 0.15) is 0 Å². The van der Waals surface area contributed by atoms with E-state index in [0.717, 1.165) is 12.0 Å². The SMILES string of the molecule is CC(OCCCNC(=O)CC1(C(=O)O)CCC1)c1ccccc1. The normalized spacial score (nSPS) is 17.1. The Morgan fingerprint density at radius 3 is 2.57 bits per heavy atom. The van der Waals surface area contributed by atoms with Gasteiger partial charge in [-0.3, -0.25) is 9.59 Å². The first kappa shape index (κ1) is 17.5. The van der Waals surface area contributed by atoms with Gasteiger partial charge in [0.05, 0.1) is 11.5 Å². The van der Waals surface area contributed by atoms with Gasteiger partial charge in [0, 0.05) is 19.6 Å². The Bertz CT molecular complexity index is 525. The fourth-order valence-electron chi connectivity index (χ4n) is 2.82. The van der Waals surface area contributed by atoms with Crippen LogP contribution in [-0.4, -0.2) is 30.1 Å². The molecule has 0 heterocycles. The zero-order chi connectivity index (χ0) is 16.7. The van der Waals surface area contributed by atoms with Gasteiger partial charge in [-0.25, -0.2) is 0 Å².